The van der Waals surface area contributed by atoms with Gasteiger partial charge in [-0.15, -0.1) is 0 Å². The Balaban J connectivity index is 0. The predicted molar refractivity (Wildman–Crippen MR) is 164 cm³/mol. The highest BCUT2D eigenvalue weighted by Gasteiger charge is 2.49. The van der Waals surface area contributed by atoms with E-state index in [0.29, 0.717) is 26.2 Å². The zero-order valence-corrected chi connectivity index (χ0v) is 32.3. The number of unbranched alkanes of at least 4 members (excludes halogenated alkanes) is 2. The van der Waals surface area contributed by atoms with Gasteiger partial charge in [0, 0.05) is 26.1 Å². The minimum absolute atomic E-state index is 0. The van der Waals surface area contributed by atoms with Crippen LogP contribution in [-0.2, 0) is 26.6 Å². The molecule has 230 valence electrons. The summed E-state index contributed by atoms with van der Waals surface area (Å²) in [6, 6.07) is 0.758. The lowest BCUT2D eigenvalue weighted by Crippen LogP contribution is -3.00. The number of likely N-dealkylation sites (N-methyl/N-ethyl adjacent to an activating group) is 1. The van der Waals surface area contributed by atoms with Gasteiger partial charge in [-0.3, -0.25) is 4.79 Å². The molecular formula is C25H61BrN2O6Si4. The Morgan fingerprint density at radius 1 is 0.711 bits per heavy atom. The van der Waals surface area contributed by atoms with Crippen molar-refractivity contribution < 1.29 is 48.1 Å². The molecule has 0 aromatic carbocycles. The lowest BCUT2D eigenvalue weighted by atomic mass is 10.1. The maximum Gasteiger partial charge on any atom is 0.469 e. The van der Waals surface area contributed by atoms with Gasteiger partial charge < -0.3 is 48.6 Å². The van der Waals surface area contributed by atoms with E-state index in [-0.39, 0.29) is 22.9 Å². The molecule has 0 saturated carbocycles. The number of halogens is 1. The van der Waals surface area contributed by atoms with Crippen molar-refractivity contribution in [3.8, 4) is 0 Å². The van der Waals surface area contributed by atoms with E-state index >= 15 is 0 Å². The Morgan fingerprint density at radius 3 is 1.71 bits per heavy atom. The number of methoxy groups -OCH3 is 1. The first-order valence-corrected chi connectivity index (χ1v) is 26.2. The van der Waals surface area contributed by atoms with Crippen molar-refractivity contribution in [1.82, 2.24) is 5.32 Å². The molecule has 1 N–H and O–H groups in total. The van der Waals surface area contributed by atoms with E-state index in [1.165, 1.54) is 0 Å². The molecule has 0 spiro atoms. The van der Waals surface area contributed by atoms with Gasteiger partial charge in [0.05, 0.1) is 40.5 Å². The number of nitrogens with one attached hydrogen (secondary N) is 1. The van der Waals surface area contributed by atoms with Gasteiger partial charge >= 0.3 is 8.80 Å². The van der Waals surface area contributed by atoms with E-state index < -0.39 is 33.8 Å². The summed E-state index contributed by atoms with van der Waals surface area (Å²) in [6.45, 7) is 24.6. The average Bonchev–Trinajstić information content (AvgIpc) is 2.66. The third-order valence-corrected chi connectivity index (χ3v) is 17.4. The molecule has 0 bridgehead atoms. The highest BCUT2D eigenvalue weighted by Crippen LogP contribution is 2.29. The molecule has 1 amide bonds. The molecule has 0 aromatic heterocycles. The van der Waals surface area contributed by atoms with Crippen molar-refractivity contribution >= 4 is 39.7 Å². The molecule has 13 heteroatoms. The molecule has 0 aliphatic heterocycles. The standard InChI is InChI=1S/C25H60N2O6Si4.BrH/c1-27(2,20-21-30-23-22-29-3)19-15-13-14-17-25(28)26-18-16-24-37(31-34(4,5)6,32-35(7,8)9)33-36(10,11)12;/h13-24H2,1-12H3;1H. The monoisotopic (exact) mass is 676 g/mol. The summed E-state index contributed by atoms with van der Waals surface area (Å²) in [5.74, 6) is 0.135. The first-order chi connectivity index (χ1) is 16.8. The molecule has 0 aliphatic rings. The quantitative estimate of drug-likeness (QED) is 0.108. The molecule has 0 heterocycles. The first-order valence-electron chi connectivity index (χ1n) is 14.0. The number of amides is 1. The van der Waals surface area contributed by atoms with Crippen molar-refractivity contribution in [2.75, 3.05) is 60.7 Å². The van der Waals surface area contributed by atoms with Crippen LogP contribution in [0.3, 0.4) is 0 Å². The maximum absolute atomic E-state index is 12.4. The van der Waals surface area contributed by atoms with Crippen molar-refractivity contribution in [1.29, 1.82) is 0 Å². The number of hydrogen-bond acceptors (Lipinski definition) is 6. The van der Waals surface area contributed by atoms with Crippen LogP contribution in [0.2, 0.25) is 65.0 Å². The number of nitrogens with zero attached hydrogens (tertiary/aromatic N) is 1. The topological polar surface area (TPSA) is 75.3 Å². The van der Waals surface area contributed by atoms with E-state index in [1.54, 1.807) is 7.11 Å². The SMILES string of the molecule is COCCOCC[N+](C)(C)CCCCCC(=O)NCCC[Si](O[Si](C)(C)C)(O[Si](C)(C)C)O[Si](C)(C)C.[Br-]. The van der Waals surface area contributed by atoms with E-state index in [2.05, 4.69) is 78.3 Å². The van der Waals surface area contributed by atoms with Crippen molar-refractivity contribution in [3.05, 3.63) is 0 Å². The largest absolute Gasteiger partial charge is 1.00 e. The summed E-state index contributed by atoms with van der Waals surface area (Å²) >= 11 is 0. The van der Waals surface area contributed by atoms with Gasteiger partial charge in [0.2, 0.25) is 5.91 Å². The van der Waals surface area contributed by atoms with E-state index in [0.717, 1.165) is 55.9 Å². The molecule has 0 radical (unpaired) electrons. The normalized spacial score (nSPS) is 13.4. The van der Waals surface area contributed by atoms with Gasteiger partial charge in [-0.1, -0.05) is 0 Å². The summed E-state index contributed by atoms with van der Waals surface area (Å²) < 4.78 is 31.7. The van der Waals surface area contributed by atoms with Crippen molar-refractivity contribution in [2.24, 2.45) is 0 Å². The molecule has 0 fully saturated rings. The highest BCUT2D eigenvalue weighted by atomic mass is 79.9. The number of carbonyl (C=O) groups excluding carboxylic acids is 1. The number of ether oxygens (including phenoxy) is 2. The molecule has 0 saturated heterocycles. The van der Waals surface area contributed by atoms with Gasteiger partial charge in [0.15, 0.2) is 25.0 Å². The third-order valence-electron chi connectivity index (χ3n) is 5.31. The molecule has 0 atom stereocenters. The fourth-order valence-corrected chi connectivity index (χ4v) is 18.6. The number of carbonyl (C=O) groups is 1. The fraction of sp³-hybridized carbons (Fsp3) is 0.960. The van der Waals surface area contributed by atoms with Gasteiger partial charge in [0.1, 0.15) is 6.54 Å². The van der Waals surface area contributed by atoms with Crippen LogP contribution in [0.1, 0.15) is 32.1 Å². The molecular weight excluding hydrogens is 617 g/mol. The predicted octanol–water partition coefficient (Wildman–Crippen LogP) is 2.29. The Kier molecular flexibility index (Phi) is 20.2. The second kappa shape index (κ2) is 18.9. The molecule has 0 aliphatic carbocycles. The Hall–Kier alpha value is 0.578. The second-order valence-electron chi connectivity index (χ2n) is 13.6. The van der Waals surface area contributed by atoms with Crippen molar-refractivity contribution in [3.63, 3.8) is 0 Å². The van der Waals surface area contributed by atoms with Crippen molar-refractivity contribution in [2.45, 2.75) is 97.1 Å². The molecule has 0 rings (SSSR count). The van der Waals surface area contributed by atoms with Gasteiger partial charge in [-0.25, -0.2) is 0 Å². The van der Waals surface area contributed by atoms with Crippen LogP contribution >= 0.6 is 0 Å². The van der Waals surface area contributed by atoms with Crippen LogP contribution in [0.15, 0.2) is 0 Å². The van der Waals surface area contributed by atoms with Crippen LogP contribution in [0.5, 0.6) is 0 Å². The Morgan fingerprint density at radius 2 is 1.24 bits per heavy atom. The fourth-order valence-electron chi connectivity index (χ4n) is 3.91. The Labute approximate surface area is 250 Å². The van der Waals surface area contributed by atoms with Crippen LogP contribution in [-0.4, -0.2) is 105 Å². The molecule has 38 heavy (non-hydrogen) atoms. The highest BCUT2D eigenvalue weighted by molar-refractivity contribution is 6.90. The minimum Gasteiger partial charge on any atom is -1.00 e. The zero-order valence-electron chi connectivity index (χ0n) is 26.8. The zero-order chi connectivity index (χ0) is 28.8. The van der Waals surface area contributed by atoms with E-state index in [9.17, 15) is 4.79 Å². The lowest BCUT2D eigenvalue weighted by molar-refractivity contribution is -0.891. The molecule has 0 aromatic rings. The van der Waals surface area contributed by atoms with Crippen LogP contribution in [0.25, 0.3) is 0 Å². The lowest BCUT2D eigenvalue weighted by Gasteiger charge is -2.43. The summed E-state index contributed by atoms with van der Waals surface area (Å²) in [5, 5.41) is 3.12. The maximum atomic E-state index is 12.4. The average molecular weight is 678 g/mol. The number of quaternary nitrogens is 1. The Bertz CT molecular complexity index is 600. The van der Waals surface area contributed by atoms with Crippen LogP contribution in [0.4, 0.5) is 0 Å². The number of hydrogen-bond donors (Lipinski definition) is 1. The third kappa shape index (κ3) is 24.4. The summed E-state index contributed by atoms with van der Waals surface area (Å²) in [5.41, 5.74) is 0. The van der Waals surface area contributed by atoms with E-state index in [4.69, 9.17) is 21.8 Å². The summed E-state index contributed by atoms with van der Waals surface area (Å²) in [6.07, 6.45) is 4.50. The van der Waals surface area contributed by atoms with Gasteiger partial charge in [-0.2, -0.15) is 0 Å². The van der Waals surface area contributed by atoms with Crippen LogP contribution in [0, 0.1) is 0 Å². The minimum atomic E-state index is -2.83. The summed E-state index contributed by atoms with van der Waals surface area (Å²) in [4.78, 5) is 12.4. The van der Waals surface area contributed by atoms with Crippen LogP contribution < -0.4 is 22.3 Å². The first kappa shape index (κ1) is 40.7. The molecule has 8 nitrogen and oxygen atoms in total. The van der Waals surface area contributed by atoms with Gasteiger partial charge in [0.25, 0.3) is 0 Å². The molecule has 0 unspecified atom stereocenters. The number of rotatable bonds is 22. The second-order valence-corrected chi connectivity index (χ2v) is 30.6. The smallest absolute Gasteiger partial charge is 0.469 e. The van der Waals surface area contributed by atoms with E-state index in [1.807, 2.05) is 0 Å². The summed E-state index contributed by atoms with van der Waals surface area (Å²) in [7, 11) is -2.28. The van der Waals surface area contributed by atoms with Gasteiger partial charge in [-0.05, 0) is 84.6 Å².